The summed E-state index contributed by atoms with van der Waals surface area (Å²) >= 11 is 0. The maximum atomic E-state index is 10.9. The van der Waals surface area contributed by atoms with Crippen LogP contribution in [-0.4, -0.2) is 17.2 Å². The summed E-state index contributed by atoms with van der Waals surface area (Å²) in [5.74, 6) is 0.254. The molecule has 0 amide bonds. The Kier molecular flexibility index (Phi) is 3.21. The van der Waals surface area contributed by atoms with Crippen LogP contribution in [-0.2, 0) is 4.74 Å². The molecule has 0 saturated heterocycles. The number of carboxylic acid groups (broad SMARTS) is 1. The van der Waals surface area contributed by atoms with Crippen molar-refractivity contribution in [1.29, 1.82) is 0 Å². The molecular weight excluding hydrogens is 268 g/mol. The molecule has 1 aromatic rings. The van der Waals surface area contributed by atoms with Crippen LogP contribution in [0.4, 0.5) is 0 Å². The Morgan fingerprint density at radius 3 is 2.62 bits per heavy atom. The van der Waals surface area contributed by atoms with Crippen LogP contribution in [0.25, 0.3) is 0 Å². The van der Waals surface area contributed by atoms with Crippen molar-refractivity contribution in [2.75, 3.05) is 0 Å². The SMILES string of the molecule is CC(OC1CC2CCC1(C)C2(C)C)c1ccc(C(=O)O)o1. The molecule has 2 aliphatic rings. The summed E-state index contributed by atoms with van der Waals surface area (Å²) in [5.41, 5.74) is 0.515. The van der Waals surface area contributed by atoms with Crippen molar-refractivity contribution in [3.8, 4) is 0 Å². The number of rotatable bonds is 4. The summed E-state index contributed by atoms with van der Waals surface area (Å²) in [6.07, 6.45) is 3.61. The van der Waals surface area contributed by atoms with Crippen LogP contribution in [0.3, 0.4) is 0 Å². The summed E-state index contributed by atoms with van der Waals surface area (Å²) < 4.78 is 11.6. The second kappa shape index (κ2) is 4.60. The van der Waals surface area contributed by atoms with Gasteiger partial charge in [0.25, 0.3) is 0 Å². The van der Waals surface area contributed by atoms with E-state index in [-0.39, 0.29) is 23.4 Å². The summed E-state index contributed by atoms with van der Waals surface area (Å²) in [7, 11) is 0. The third kappa shape index (κ3) is 2.03. The van der Waals surface area contributed by atoms with Gasteiger partial charge in [-0.3, -0.25) is 0 Å². The maximum Gasteiger partial charge on any atom is 0.371 e. The van der Waals surface area contributed by atoms with Crippen LogP contribution < -0.4 is 0 Å². The molecule has 0 aliphatic heterocycles. The van der Waals surface area contributed by atoms with Crippen molar-refractivity contribution < 1.29 is 19.1 Å². The van der Waals surface area contributed by atoms with Crippen LogP contribution >= 0.6 is 0 Å². The fourth-order valence-corrected chi connectivity index (χ4v) is 4.34. The van der Waals surface area contributed by atoms with Gasteiger partial charge in [0.05, 0.1) is 6.10 Å². The van der Waals surface area contributed by atoms with E-state index < -0.39 is 5.97 Å². The van der Waals surface area contributed by atoms with Gasteiger partial charge in [-0.15, -0.1) is 0 Å². The second-order valence-electron chi connectivity index (χ2n) is 7.38. The normalized spacial score (nSPS) is 35.0. The molecule has 21 heavy (non-hydrogen) atoms. The lowest BCUT2D eigenvalue weighted by Crippen LogP contribution is -2.37. The number of ether oxygens (including phenoxy) is 1. The monoisotopic (exact) mass is 292 g/mol. The molecule has 1 N–H and O–H groups in total. The Hall–Kier alpha value is -1.29. The molecule has 2 saturated carbocycles. The third-order valence-corrected chi connectivity index (χ3v) is 6.32. The lowest BCUT2D eigenvalue weighted by Gasteiger charge is -2.39. The highest BCUT2D eigenvalue weighted by Gasteiger charge is 2.62. The molecule has 0 spiro atoms. The van der Waals surface area contributed by atoms with Crippen molar-refractivity contribution in [1.82, 2.24) is 0 Å². The zero-order valence-corrected chi connectivity index (χ0v) is 13.2. The molecule has 2 fully saturated rings. The first-order valence-corrected chi connectivity index (χ1v) is 7.74. The summed E-state index contributed by atoms with van der Waals surface area (Å²) in [4.78, 5) is 10.9. The van der Waals surface area contributed by atoms with Crippen molar-refractivity contribution in [2.45, 2.75) is 59.2 Å². The van der Waals surface area contributed by atoms with E-state index in [2.05, 4.69) is 20.8 Å². The number of fused-ring (bicyclic) bond motifs is 2. The van der Waals surface area contributed by atoms with Gasteiger partial charge in [0.15, 0.2) is 0 Å². The van der Waals surface area contributed by atoms with Gasteiger partial charge in [0.2, 0.25) is 5.76 Å². The molecule has 0 aromatic carbocycles. The van der Waals surface area contributed by atoms with E-state index in [0.29, 0.717) is 11.2 Å². The highest BCUT2D eigenvalue weighted by Crippen LogP contribution is 2.66. The quantitative estimate of drug-likeness (QED) is 0.900. The fraction of sp³-hybridized carbons (Fsp3) is 0.706. The van der Waals surface area contributed by atoms with Crippen LogP contribution in [0.15, 0.2) is 16.5 Å². The number of hydrogen-bond acceptors (Lipinski definition) is 3. The highest BCUT2D eigenvalue weighted by molar-refractivity contribution is 5.84. The highest BCUT2D eigenvalue weighted by atomic mass is 16.5. The van der Waals surface area contributed by atoms with E-state index in [9.17, 15) is 4.79 Å². The Morgan fingerprint density at radius 2 is 2.14 bits per heavy atom. The molecular formula is C17H24O4. The van der Waals surface area contributed by atoms with Crippen LogP contribution in [0, 0.1) is 16.7 Å². The van der Waals surface area contributed by atoms with E-state index >= 15 is 0 Å². The second-order valence-corrected chi connectivity index (χ2v) is 7.38. The van der Waals surface area contributed by atoms with E-state index in [1.54, 1.807) is 6.07 Å². The summed E-state index contributed by atoms with van der Waals surface area (Å²) in [6, 6.07) is 3.19. The van der Waals surface area contributed by atoms with Gasteiger partial charge in [-0.25, -0.2) is 4.79 Å². The Morgan fingerprint density at radius 1 is 1.43 bits per heavy atom. The van der Waals surface area contributed by atoms with Gasteiger partial charge >= 0.3 is 5.97 Å². The fourth-order valence-electron chi connectivity index (χ4n) is 4.34. The molecule has 1 heterocycles. The molecule has 4 nitrogen and oxygen atoms in total. The van der Waals surface area contributed by atoms with Gasteiger partial charge in [-0.1, -0.05) is 20.8 Å². The topological polar surface area (TPSA) is 59.7 Å². The zero-order chi connectivity index (χ0) is 15.4. The van der Waals surface area contributed by atoms with Crippen LogP contribution in [0.2, 0.25) is 0 Å². The van der Waals surface area contributed by atoms with Crippen LogP contribution in [0.1, 0.15) is 69.4 Å². The predicted molar refractivity (Wildman–Crippen MR) is 78.2 cm³/mol. The Balaban J connectivity index is 1.74. The first kappa shape index (κ1) is 14.6. The Labute approximate surface area is 125 Å². The van der Waals surface area contributed by atoms with Gasteiger partial charge < -0.3 is 14.3 Å². The smallest absolute Gasteiger partial charge is 0.371 e. The molecule has 1 aromatic heterocycles. The number of hydrogen-bond donors (Lipinski definition) is 1. The molecule has 3 rings (SSSR count). The molecule has 0 radical (unpaired) electrons. The van der Waals surface area contributed by atoms with Gasteiger partial charge in [0.1, 0.15) is 11.9 Å². The minimum absolute atomic E-state index is 0.0278. The van der Waals surface area contributed by atoms with E-state index in [1.165, 1.54) is 18.9 Å². The minimum atomic E-state index is -1.04. The van der Waals surface area contributed by atoms with Gasteiger partial charge in [-0.2, -0.15) is 0 Å². The lowest BCUT2D eigenvalue weighted by atomic mass is 9.70. The van der Waals surface area contributed by atoms with Crippen molar-refractivity contribution in [3.05, 3.63) is 23.7 Å². The molecule has 2 aliphatic carbocycles. The van der Waals surface area contributed by atoms with Crippen LogP contribution in [0.5, 0.6) is 0 Å². The third-order valence-electron chi connectivity index (χ3n) is 6.32. The first-order chi connectivity index (χ1) is 9.75. The van der Waals surface area contributed by atoms with E-state index in [0.717, 1.165) is 12.3 Å². The van der Waals surface area contributed by atoms with Gasteiger partial charge in [-0.05, 0) is 55.1 Å². The minimum Gasteiger partial charge on any atom is -0.475 e. The van der Waals surface area contributed by atoms with E-state index in [1.807, 2.05) is 6.92 Å². The van der Waals surface area contributed by atoms with Gasteiger partial charge in [0, 0.05) is 0 Å². The average molecular weight is 292 g/mol. The van der Waals surface area contributed by atoms with Crippen molar-refractivity contribution >= 4 is 5.97 Å². The molecule has 4 unspecified atom stereocenters. The number of carboxylic acids is 1. The predicted octanol–water partition coefficient (Wildman–Crippen LogP) is 4.27. The van der Waals surface area contributed by atoms with Crippen molar-refractivity contribution in [3.63, 3.8) is 0 Å². The number of furan rings is 1. The number of carbonyl (C=O) groups is 1. The maximum absolute atomic E-state index is 10.9. The zero-order valence-electron chi connectivity index (χ0n) is 13.2. The largest absolute Gasteiger partial charge is 0.475 e. The van der Waals surface area contributed by atoms with E-state index in [4.69, 9.17) is 14.3 Å². The summed E-state index contributed by atoms with van der Waals surface area (Å²) in [5, 5.41) is 8.93. The standard InChI is InChI=1S/C17H24O4/c1-10(12-5-6-13(21-12)15(18)19)20-14-9-11-7-8-17(14,4)16(11,2)3/h5-6,10-11,14H,7-9H2,1-4H3,(H,18,19). The lowest BCUT2D eigenvalue weighted by molar-refractivity contribution is -0.0878. The Bertz CT molecular complexity index is 559. The molecule has 2 bridgehead atoms. The molecule has 4 atom stereocenters. The molecule has 116 valence electrons. The number of aromatic carboxylic acids is 1. The molecule has 4 heteroatoms. The van der Waals surface area contributed by atoms with Crippen molar-refractivity contribution in [2.24, 2.45) is 16.7 Å². The first-order valence-electron chi connectivity index (χ1n) is 7.74. The average Bonchev–Trinajstić information content (AvgIpc) is 3.02. The summed E-state index contributed by atoms with van der Waals surface area (Å²) in [6.45, 7) is 8.98.